The number of aromatic nitrogens is 2. The first kappa shape index (κ1) is 18.7. The fraction of sp³-hybridized carbons (Fsp3) is 0.250. The van der Waals surface area contributed by atoms with Gasteiger partial charge in [0.15, 0.2) is 10.9 Å². The van der Waals surface area contributed by atoms with Crippen LogP contribution in [0.3, 0.4) is 0 Å². The molecular formula is C20H19ClN2O2S. The highest BCUT2D eigenvalue weighted by atomic mass is 35.5. The van der Waals surface area contributed by atoms with Gasteiger partial charge in [-0.15, -0.1) is 0 Å². The van der Waals surface area contributed by atoms with Gasteiger partial charge < -0.3 is 0 Å². The Bertz CT molecular complexity index is 1020. The number of benzene rings is 2. The standard InChI is InChI=1S/C20H19ClN2O2S/c1-3-13(2)23-19(25)15-9-5-7-11-17(15)22-20(23)26-12-18(24)14-8-4-6-10-16(14)21/h4-11,13H,3,12H2,1-2H3/t13-/m1/s1. The fourth-order valence-electron chi connectivity index (χ4n) is 2.69. The lowest BCUT2D eigenvalue weighted by atomic mass is 10.1. The minimum atomic E-state index is -0.0845. The molecule has 0 unspecified atom stereocenters. The van der Waals surface area contributed by atoms with Gasteiger partial charge >= 0.3 is 0 Å². The molecule has 0 amide bonds. The third kappa shape index (κ3) is 3.69. The van der Waals surface area contributed by atoms with Crippen molar-refractivity contribution in [3.8, 4) is 0 Å². The van der Waals surface area contributed by atoms with Crippen LogP contribution in [0.2, 0.25) is 5.02 Å². The second-order valence-electron chi connectivity index (χ2n) is 6.04. The SMILES string of the molecule is CC[C@@H](C)n1c(SCC(=O)c2ccccc2Cl)nc2ccccc2c1=O. The van der Waals surface area contributed by atoms with Crippen molar-refractivity contribution in [2.24, 2.45) is 0 Å². The van der Waals surface area contributed by atoms with Crippen LogP contribution in [0.15, 0.2) is 58.5 Å². The topological polar surface area (TPSA) is 52.0 Å². The minimum absolute atomic E-state index is 0.00229. The lowest BCUT2D eigenvalue weighted by Gasteiger charge is -2.18. The van der Waals surface area contributed by atoms with E-state index in [1.165, 1.54) is 11.8 Å². The Kier molecular flexibility index (Phi) is 5.79. The van der Waals surface area contributed by atoms with Gasteiger partial charge in [0.25, 0.3) is 5.56 Å². The van der Waals surface area contributed by atoms with E-state index in [2.05, 4.69) is 4.98 Å². The number of Topliss-reactive ketones (excluding diaryl/α,β-unsaturated/α-hetero) is 1. The molecule has 1 atom stereocenters. The smallest absolute Gasteiger partial charge is 0.262 e. The molecule has 3 aromatic rings. The number of fused-ring (bicyclic) bond motifs is 1. The van der Waals surface area contributed by atoms with Gasteiger partial charge in [-0.1, -0.05) is 54.6 Å². The highest BCUT2D eigenvalue weighted by molar-refractivity contribution is 7.99. The monoisotopic (exact) mass is 386 g/mol. The maximum absolute atomic E-state index is 12.9. The normalized spacial score (nSPS) is 12.3. The van der Waals surface area contributed by atoms with Crippen LogP contribution in [0.4, 0.5) is 0 Å². The third-order valence-corrected chi connectivity index (χ3v) is 5.60. The number of hydrogen-bond donors (Lipinski definition) is 0. The van der Waals surface area contributed by atoms with Crippen molar-refractivity contribution >= 4 is 40.0 Å². The van der Waals surface area contributed by atoms with Crippen LogP contribution in [0.1, 0.15) is 36.7 Å². The fourth-order valence-corrected chi connectivity index (χ4v) is 3.92. The number of hydrogen-bond acceptors (Lipinski definition) is 4. The lowest BCUT2D eigenvalue weighted by molar-refractivity contribution is 0.102. The first-order chi connectivity index (χ1) is 12.5. The molecule has 0 spiro atoms. The molecule has 0 bridgehead atoms. The number of para-hydroxylation sites is 1. The number of halogens is 1. The second-order valence-corrected chi connectivity index (χ2v) is 7.39. The van der Waals surface area contributed by atoms with Gasteiger partial charge in [-0.3, -0.25) is 14.2 Å². The molecule has 0 N–H and O–H groups in total. The maximum atomic E-state index is 12.9. The largest absolute Gasteiger partial charge is 0.293 e. The number of nitrogens with zero attached hydrogens (tertiary/aromatic N) is 2. The molecule has 134 valence electrons. The molecule has 0 fully saturated rings. The van der Waals surface area contributed by atoms with E-state index in [4.69, 9.17) is 11.6 Å². The summed E-state index contributed by atoms with van der Waals surface area (Å²) in [4.78, 5) is 30.1. The van der Waals surface area contributed by atoms with E-state index in [9.17, 15) is 9.59 Å². The first-order valence-corrected chi connectivity index (χ1v) is 9.81. The predicted molar refractivity (Wildman–Crippen MR) is 108 cm³/mol. The molecule has 3 rings (SSSR count). The van der Waals surface area contributed by atoms with Crippen LogP contribution in [0, 0.1) is 0 Å². The summed E-state index contributed by atoms with van der Waals surface area (Å²) in [5, 5.41) is 1.59. The van der Waals surface area contributed by atoms with Crippen molar-refractivity contribution in [3.05, 3.63) is 69.5 Å². The second kappa shape index (κ2) is 8.06. The number of carbonyl (C=O) groups excluding carboxylic acids is 1. The van der Waals surface area contributed by atoms with Gasteiger partial charge in [0.2, 0.25) is 0 Å². The van der Waals surface area contributed by atoms with Crippen LogP contribution < -0.4 is 5.56 Å². The highest BCUT2D eigenvalue weighted by Crippen LogP contribution is 2.24. The third-order valence-electron chi connectivity index (χ3n) is 4.31. The zero-order valence-electron chi connectivity index (χ0n) is 14.6. The quantitative estimate of drug-likeness (QED) is 0.340. The van der Waals surface area contributed by atoms with E-state index in [1.807, 2.05) is 32.0 Å². The summed E-state index contributed by atoms with van der Waals surface area (Å²) in [6, 6.07) is 14.3. The van der Waals surface area contributed by atoms with E-state index in [0.29, 0.717) is 26.6 Å². The Morgan fingerprint density at radius 2 is 1.88 bits per heavy atom. The maximum Gasteiger partial charge on any atom is 0.262 e. The van der Waals surface area contributed by atoms with Gasteiger partial charge in [-0.25, -0.2) is 4.98 Å². The molecule has 0 radical (unpaired) electrons. The van der Waals surface area contributed by atoms with Crippen molar-refractivity contribution in [2.45, 2.75) is 31.5 Å². The molecular weight excluding hydrogens is 368 g/mol. The molecule has 0 saturated heterocycles. The molecule has 2 aromatic carbocycles. The molecule has 0 aliphatic rings. The Labute approximate surface area is 161 Å². The van der Waals surface area contributed by atoms with Gasteiger partial charge in [0, 0.05) is 11.6 Å². The van der Waals surface area contributed by atoms with Crippen molar-refractivity contribution in [3.63, 3.8) is 0 Å². The molecule has 1 heterocycles. The van der Waals surface area contributed by atoms with E-state index < -0.39 is 0 Å². The van der Waals surface area contributed by atoms with Crippen LogP contribution in [-0.4, -0.2) is 21.1 Å². The summed E-state index contributed by atoms with van der Waals surface area (Å²) in [6.07, 6.45) is 0.798. The van der Waals surface area contributed by atoms with Crippen LogP contribution in [0.25, 0.3) is 10.9 Å². The average molecular weight is 387 g/mol. The zero-order chi connectivity index (χ0) is 18.7. The number of carbonyl (C=O) groups is 1. The molecule has 1 aromatic heterocycles. The highest BCUT2D eigenvalue weighted by Gasteiger charge is 2.17. The molecule has 4 nitrogen and oxygen atoms in total. The Morgan fingerprint density at radius 1 is 1.19 bits per heavy atom. The zero-order valence-corrected chi connectivity index (χ0v) is 16.2. The molecule has 0 aliphatic carbocycles. The van der Waals surface area contributed by atoms with E-state index in [0.717, 1.165) is 6.42 Å². The Morgan fingerprint density at radius 3 is 2.62 bits per heavy atom. The Balaban J connectivity index is 1.97. The summed E-state index contributed by atoms with van der Waals surface area (Å²) < 4.78 is 1.69. The summed E-state index contributed by atoms with van der Waals surface area (Å²) in [5.41, 5.74) is 1.06. The van der Waals surface area contributed by atoms with Crippen molar-refractivity contribution in [2.75, 3.05) is 5.75 Å². The number of thioether (sulfide) groups is 1. The summed E-state index contributed by atoms with van der Waals surface area (Å²) in [6.45, 7) is 4.01. The molecule has 6 heteroatoms. The van der Waals surface area contributed by atoms with Crippen LogP contribution in [0.5, 0.6) is 0 Å². The van der Waals surface area contributed by atoms with Crippen LogP contribution in [-0.2, 0) is 0 Å². The van der Waals surface area contributed by atoms with Crippen molar-refractivity contribution < 1.29 is 4.79 Å². The summed E-state index contributed by atoms with van der Waals surface area (Å²) in [5.74, 6) is 0.0870. The molecule has 0 saturated carbocycles. The van der Waals surface area contributed by atoms with E-state index in [1.54, 1.807) is 34.9 Å². The van der Waals surface area contributed by atoms with Crippen molar-refractivity contribution in [1.82, 2.24) is 9.55 Å². The molecule has 26 heavy (non-hydrogen) atoms. The number of ketones is 1. The van der Waals surface area contributed by atoms with Crippen molar-refractivity contribution in [1.29, 1.82) is 0 Å². The van der Waals surface area contributed by atoms with Crippen LogP contribution >= 0.6 is 23.4 Å². The van der Waals surface area contributed by atoms with Gasteiger partial charge in [0.1, 0.15) is 0 Å². The Hall–Kier alpha value is -2.11. The van der Waals surface area contributed by atoms with E-state index in [-0.39, 0.29) is 23.1 Å². The minimum Gasteiger partial charge on any atom is -0.293 e. The summed E-state index contributed by atoms with van der Waals surface area (Å²) >= 11 is 7.38. The van der Waals surface area contributed by atoms with Gasteiger partial charge in [-0.2, -0.15) is 0 Å². The van der Waals surface area contributed by atoms with Gasteiger partial charge in [0.05, 0.1) is 21.7 Å². The lowest BCUT2D eigenvalue weighted by Crippen LogP contribution is -2.26. The summed E-state index contributed by atoms with van der Waals surface area (Å²) in [7, 11) is 0. The average Bonchev–Trinajstić information content (AvgIpc) is 2.66. The van der Waals surface area contributed by atoms with Gasteiger partial charge in [-0.05, 0) is 37.6 Å². The predicted octanol–water partition coefficient (Wildman–Crippen LogP) is 5.00. The number of rotatable bonds is 6. The molecule has 0 aliphatic heterocycles. The van der Waals surface area contributed by atoms with E-state index >= 15 is 0 Å². The first-order valence-electron chi connectivity index (χ1n) is 8.44.